The fourth-order valence-corrected chi connectivity index (χ4v) is 3.42. The van der Waals surface area contributed by atoms with Gasteiger partial charge in [-0.2, -0.15) is 0 Å². The van der Waals surface area contributed by atoms with Gasteiger partial charge in [-0.05, 0) is 49.4 Å². The Morgan fingerprint density at radius 2 is 2.05 bits per heavy atom. The first kappa shape index (κ1) is 13.6. The van der Waals surface area contributed by atoms with Gasteiger partial charge in [-0.1, -0.05) is 25.0 Å². The van der Waals surface area contributed by atoms with E-state index in [1.54, 1.807) is 4.90 Å². The van der Waals surface area contributed by atoms with Gasteiger partial charge in [0.2, 0.25) is 5.91 Å². The number of rotatable bonds is 4. The van der Waals surface area contributed by atoms with Gasteiger partial charge in [0.1, 0.15) is 0 Å². The largest absolute Gasteiger partial charge is 0.315 e. The molecule has 1 fully saturated rings. The second-order valence-electron chi connectivity index (χ2n) is 6.10. The van der Waals surface area contributed by atoms with E-state index < -0.39 is 0 Å². The van der Waals surface area contributed by atoms with Crippen molar-refractivity contribution in [2.24, 2.45) is 0 Å². The van der Waals surface area contributed by atoms with E-state index in [1.807, 2.05) is 7.05 Å². The van der Waals surface area contributed by atoms with E-state index in [1.165, 1.54) is 36.8 Å². The standard InChI is InChI=1S/C17H24N2O/c1-19-16-8-6-13(12-14(16)7-9-17(19)20)10-11-18-15-4-2-3-5-15/h6,8,12,15,18H,2-5,7,9-11H2,1H3. The van der Waals surface area contributed by atoms with Gasteiger partial charge in [-0.15, -0.1) is 0 Å². The third kappa shape index (κ3) is 2.88. The van der Waals surface area contributed by atoms with E-state index in [2.05, 4.69) is 23.5 Å². The fourth-order valence-electron chi connectivity index (χ4n) is 3.42. The summed E-state index contributed by atoms with van der Waals surface area (Å²) >= 11 is 0. The monoisotopic (exact) mass is 272 g/mol. The van der Waals surface area contributed by atoms with Crippen LogP contribution in [0.2, 0.25) is 0 Å². The van der Waals surface area contributed by atoms with Crippen molar-refractivity contribution >= 4 is 11.6 Å². The number of nitrogens with zero attached hydrogens (tertiary/aromatic N) is 1. The maximum Gasteiger partial charge on any atom is 0.227 e. The lowest BCUT2D eigenvalue weighted by Gasteiger charge is -2.26. The summed E-state index contributed by atoms with van der Waals surface area (Å²) in [4.78, 5) is 13.5. The number of carbonyl (C=O) groups is 1. The van der Waals surface area contributed by atoms with Gasteiger partial charge in [0, 0.05) is 25.2 Å². The van der Waals surface area contributed by atoms with Crippen molar-refractivity contribution in [1.29, 1.82) is 0 Å². The molecule has 1 N–H and O–H groups in total. The molecule has 1 aliphatic carbocycles. The summed E-state index contributed by atoms with van der Waals surface area (Å²) in [5.74, 6) is 0.230. The van der Waals surface area contributed by atoms with E-state index >= 15 is 0 Å². The van der Waals surface area contributed by atoms with Gasteiger partial charge in [-0.25, -0.2) is 0 Å². The Morgan fingerprint density at radius 1 is 1.25 bits per heavy atom. The topological polar surface area (TPSA) is 32.3 Å². The average Bonchev–Trinajstić information content (AvgIpc) is 2.96. The predicted octanol–water partition coefficient (Wildman–Crippen LogP) is 2.67. The van der Waals surface area contributed by atoms with Crippen LogP contribution in [0.15, 0.2) is 18.2 Å². The number of fused-ring (bicyclic) bond motifs is 1. The summed E-state index contributed by atoms with van der Waals surface area (Å²) in [6.07, 6.45) is 8.08. The van der Waals surface area contributed by atoms with Crippen LogP contribution in [0.3, 0.4) is 0 Å². The zero-order chi connectivity index (χ0) is 13.9. The smallest absolute Gasteiger partial charge is 0.227 e. The van der Waals surface area contributed by atoms with Crippen LogP contribution in [0.1, 0.15) is 43.2 Å². The van der Waals surface area contributed by atoms with Gasteiger partial charge in [0.25, 0.3) is 0 Å². The van der Waals surface area contributed by atoms with E-state index in [-0.39, 0.29) is 5.91 Å². The first-order valence-electron chi connectivity index (χ1n) is 7.86. The molecule has 3 heteroatoms. The molecule has 3 nitrogen and oxygen atoms in total. The minimum Gasteiger partial charge on any atom is -0.315 e. The zero-order valence-corrected chi connectivity index (χ0v) is 12.3. The molecule has 0 radical (unpaired) electrons. The third-order valence-electron chi connectivity index (χ3n) is 4.69. The summed E-state index contributed by atoms with van der Waals surface area (Å²) in [7, 11) is 1.88. The van der Waals surface area contributed by atoms with Crippen LogP contribution in [-0.4, -0.2) is 25.5 Å². The Morgan fingerprint density at radius 3 is 2.85 bits per heavy atom. The molecule has 3 rings (SSSR count). The summed E-state index contributed by atoms with van der Waals surface area (Å²) in [6, 6.07) is 7.31. The van der Waals surface area contributed by atoms with Crippen LogP contribution in [0.4, 0.5) is 5.69 Å². The second kappa shape index (κ2) is 5.96. The number of carbonyl (C=O) groups excluding carboxylic acids is 1. The highest BCUT2D eigenvalue weighted by atomic mass is 16.2. The third-order valence-corrected chi connectivity index (χ3v) is 4.69. The molecule has 0 aromatic heterocycles. The number of hydrogen-bond donors (Lipinski definition) is 1. The lowest BCUT2D eigenvalue weighted by molar-refractivity contribution is -0.118. The highest BCUT2D eigenvalue weighted by Gasteiger charge is 2.20. The Labute approximate surface area is 121 Å². The minimum atomic E-state index is 0.230. The molecule has 108 valence electrons. The van der Waals surface area contributed by atoms with Gasteiger partial charge in [0.05, 0.1) is 0 Å². The highest BCUT2D eigenvalue weighted by molar-refractivity contribution is 5.95. The van der Waals surface area contributed by atoms with E-state index in [0.29, 0.717) is 6.42 Å². The van der Waals surface area contributed by atoms with Gasteiger partial charge < -0.3 is 10.2 Å². The first-order chi connectivity index (χ1) is 9.74. The maximum atomic E-state index is 11.7. The van der Waals surface area contributed by atoms with Gasteiger partial charge >= 0.3 is 0 Å². The summed E-state index contributed by atoms with van der Waals surface area (Å²) in [5.41, 5.74) is 3.80. The van der Waals surface area contributed by atoms with Crippen molar-refractivity contribution in [3.63, 3.8) is 0 Å². The van der Waals surface area contributed by atoms with Gasteiger partial charge in [-0.3, -0.25) is 4.79 Å². The normalized spacial score (nSPS) is 19.4. The maximum absolute atomic E-state index is 11.7. The Kier molecular flexibility index (Phi) is 4.06. The Balaban J connectivity index is 1.59. The van der Waals surface area contributed by atoms with E-state index in [4.69, 9.17) is 0 Å². The Hall–Kier alpha value is -1.35. The van der Waals surface area contributed by atoms with Crippen molar-refractivity contribution in [2.75, 3.05) is 18.5 Å². The lowest BCUT2D eigenvalue weighted by atomic mass is 9.98. The molecule has 0 bridgehead atoms. The quantitative estimate of drug-likeness (QED) is 0.914. The molecule has 1 aliphatic heterocycles. The highest BCUT2D eigenvalue weighted by Crippen LogP contribution is 2.27. The number of amides is 1. The molecule has 0 saturated heterocycles. The number of anilines is 1. The SMILES string of the molecule is CN1C(=O)CCc2cc(CCNC3CCCC3)ccc21. The molecule has 1 amide bonds. The van der Waals surface area contributed by atoms with Crippen molar-refractivity contribution in [2.45, 2.75) is 51.0 Å². The molecule has 1 saturated carbocycles. The summed E-state index contributed by atoms with van der Waals surface area (Å²) in [6.45, 7) is 1.07. The Bertz CT molecular complexity index is 492. The number of hydrogen-bond acceptors (Lipinski definition) is 2. The lowest BCUT2D eigenvalue weighted by Crippen LogP contribution is -2.31. The predicted molar refractivity (Wildman–Crippen MR) is 82.1 cm³/mol. The molecule has 0 atom stereocenters. The molecule has 1 aromatic carbocycles. The number of nitrogens with one attached hydrogen (secondary N) is 1. The van der Waals surface area contributed by atoms with Gasteiger partial charge in [0.15, 0.2) is 0 Å². The second-order valence-corrected chi connectivity index (χ2v) is 6.10. The van der Waals surface area contributed by atoms with Crippen molar-refractivity contribution in [3.05, 3.63) is 29.3 Å². The minimum absolute atomic E-state index is 0.230. The van der Waals surface area contributed by atoms with Crippen molar-refractivity contribution in [1.82, 2.24) is 5.32 Å². The number of aryl methyl sites for hydroxylation is 1. The number of benzene rings is 1. The summed E-state index contributed by atoms with van der Waals surface area (Å²) < 4.78 is 0. The molecule has 2 aliphatic rings. The van der Waals surface area contributed by atoms with Crippen molar-refractivity contribution < 1.29 is 4.79 Å². The molecular weight excluding hydrogens is 248 g/mol. The first-order valence-corrected chi connectivity index (χ1v) is 7.86. The molecule has 1 heterocycles. The fraction of sp³-hybridized carbons (Fsp3) is 0.588. The van der Waals surface area contributed by atoms with Crippen LogP contribution in [0.25, 0.3) is 0 Å². The van der Waals surface area contributed by atoms with E-state index in [9.17, 15) is 4.79 Å². The summed E-state index contributed by atoms with van der Waals surface area (Å²) in [5, 5.41) is 3.66. The van der Waals surface area contributed by atoms with Crippen LogP contribution in [0, 0.1) is 0 Å². The average molecular weight is 272 g/mol. The van der Waals surface area contributed by atoms with Crippen LogP contribution < -0.4 is 10.2 Å². The van der Waals surface area contributed by atoms with Crippen LogP contribution in [0.5, 0.6) is 0 Å². The molecule has 1 aromatic rings. The van der Waals surface area contributed by atoms with Crippen LogP contribution in [-0.2, 0) is 17.6 Å². The molecule has 20 heavy (non-hydrogen) atoms. The van der Waals surface area contributed by atoms with Crippen molar-refractivity contribution in [3.8, 4) is 0 Å². The van der Waals surface area contributed by atoms with Crippen LogP contribution >= 0.6 is 0 Å². The van der Waals surface area contributed by atoms with E-state index in [0.717, 1.165) is 31.1 Å². The zero-order valence-electron chi connectivity index (χ0n) is 12.3. The molecule has 0 spiro atoms. The molecular formula is C17H24N2O. The molecule has 0 unspecified atom stereocenters.